The lowest BCUT2D eigenvalue weighted by Crippen LogP contribution is -1.98. The molecule has 0 aliphatic heterocycles. The molecule has 0 atom stereocenters. The average molecular weight is 316 g/mol. The van der Waals surface area contributed by atoms with Crippen molar-refractivity contribution in [2.45, 2.75) is 0 Å². The van der Waals surface area contributed by atoms with Gasteiger partial charge in [-0.3, -0.25) is 9.67 Å². The summed E-state index contributed by atoms with van der Waals surface area (Å²) in [5.74, 6) is 0.729. The quantitative estimate of drug-likeness (QED) is 0.629. The Labute approximate surface area is 139 Å². The fourth-order valence-electron chi connectivity index (χ4n) is 2.70. The fraction of sp³-hybridized carbons (Fsp3) is 0.111. The van der Waals surface area contributed by atoms with Gasteiger partial charge in [0.15, 0.2) is 5.82 Å². The zero-order valence-electron chi connectivity index (χ0n) is 13.4. The van der Waals surface area contributed by atoms with Crippen LogP contribution in [0.25, 0.3) is 33.4 Å². The van der Waals surface area contributed by atoms with E-state index >= 15 is 0 Å². The Balaban J connectivity index is 1.77. The van der Waals surface area contributed by atoms with E-state index in [-0.39, 0.29) is 0 Å². The fourth-order valence-corrected chi connectivity index (χ4v) is 2.70. The topological polar surface area (TPSA) is 68.5 Å². The highest BCUT2D eigenvalue weighted by Gasteiger charge is 2.09. The summed E-state index contributed by atoms with van der Waals surface area (Å²) in [6.07, 6.45) is 7.22. The predicted octanol–water partition coefficient (Wildman–Crippen LogP) is 3.13. The lowest BCUT2D eigenvalue weighted by molar-refractivity contribution is 0.768. The molecule has 0 amide bonds. The molecular weight excluding hydrogens is 300 g/mol. The lowest BCUT2D eigenvalue weighted by atomic mass is 10.0. The van der Waals surface area contributed by atoms with Gasteiger partial charge in [-0.1, -0.05) is 24.3 Å². The maximum absolute atomic E-state index is 4.67. The summed E-state index contributed by atoms with van der Waals surface area (Å²) in [5, 5.41) is 7.31. The van der Waals surface area contributed by atoms with Crippen molar-refractivity contribution < 1.29 is 0 Å². The first-order valence-electron chi connectivity index (χ1n) is 7.63. The molecule has 6 nitrogen and oxygen atoms in total. The van der Waals surface area contributed by atoms with Crippen LogP contribution in [0.5, 0.6) is 0 Å². The van der Waals surface area contributed by atoms with Gasteiger partial charge in [-0.25, -0.2) is 9.97 Å². The van der Waals surface area contributed by atoms with Gasteiger partial charge in [0.2, 0.25) is 0 Å². The minimum Gasteiger partial charge on any atom is -0.371 e. The molecule has 6 heteroatoms. The minimum atomic E-state index is 0.729. The number of hydrogen-bond acceptors (Lipinski definition) is 5. The molecule has 0 aliphatic rings. The highest BCUT2D eigenvalue weighted by molar-refractivity contribution is 5.88. The molecule has 3 heterocycles. The van der Waals surface area contributed by atoms with Crippen molar-refractivity contribution in [1.82, 2.24) is 24.7 Å². The van der Waals surface area contributed by atoms with Crippen LogP contribution in [-0.2, 0) is 7.05 Å². The van der Waals surface area contributed by atoms with Gasteiger partial charge < -0.3 is 5.32 Å². The zero-order valence-corrected chi connectivity index (χ0v) is 13.4. The van der Waals surface area contributed by atoms with E-state index in [1.807, 2.05) is 32.6 Å². The normalized spacial score (nSPS) is 10.9. The van der Waals surface area contributed by atoms with Crippen molar-refractivity contribution in [2.75, 3.05) is 12.4 Å². The molecule has 4 aromatic rings. The number of benzene rings is 1. The monoisotopic (exact) mass is 316 g/mol. The van der Waals surface area contributed by atoms with Gasteiger partial charge in [-0.15, -0.1) is 0 Å². The van der Waals surface area contributed by atoms with Crippen LogP contribution >= 0.6 is 0 Å². The molecule has 0 aliphatic carbocycles. The molecule has 1 N–H and O–H groups in total. The molecule has 0 radical (unpaired) electrons. The third-order valence-corrected chi connectivity index (χ3v) is 3.91. The van der Waals surface area contributed by atoms with Crippen molar-refractivity contribution >= 4 is 16.9 Å². The van der Waals surface area contributed by atoms with Crippen LogP contribution in [0.3, 0.4) is 0 Å². The maximum atomic E-state index is 4.67. The standard InChI is InChI=1S/C18H16N6/c1-19-18-17-16(20-7-8-21-17)9-15(23-18)13-5-3-12(4-6-13)14-10-22-24(2)11-14/h3-11H,1-2H3,(H,19,23). The molecule has 0 saturated heterocycles. The van der Waals surface area contributed by atoms with Crippen LogP contribution < -0.4 is 5.32 Å². The first kappa shape index (κ1) is 14.3. The summed E-state index contributed by atoms with van der Waals surface area (Å²) in [5.41, 5.74) is 5.72. The molecule has 0 unspecified atom stereocenters. The largest absolute Gasteiger partial charge is 0.371 e. The zero-order chi connectivity index (χ0) is 16.5. The Hall–Kier alpha value is -3.28. The van der Waals surface area contributed by atoms with E-state index in [0.717, 1.165) is 39.2 Å². The molecule has 0 fully saturated rings. The Kier molecular flexibility index (Phi) is 3.42. The van der Waals surface area contributed by atoms with Gasteiger partial charge in [0, 0.05) is 43.8 Å². The molecule has 3 aromatic heterocycles. The number of aromatic nitrogens is 5. The number of nitrogens with one attached hydrogen (secondary N) is 1. The van der Waals surface area contributed by atoms with Crippen molar-refractivity contribution in [3.8, 4) is 22.4 Å². The van der Waals surface area contributed by atoms with Gasteiger partial charge in [0.1, 0.15) is 5.52 Å². The number of aryl methyl sites for hydroxylation is 1. The van der Waals surface area contributed by atoms with Gasteiger partial charge in [-0.05, 0) is 11.6 Å². The van der Waals surface area contributed by atoms with E-state index in [2.05, 4.69) is 49.6 Å². The first-order valence-corrected chi connectivity index (χ1v) is 7.63. The Morgan fingerprint density at radius 3 is 2.42 bits per heavy atom. The lowest BCUT2D eigenvalue weighted by Gasteiger charge is -2.08. The number of fused-ring (bicyclic) bond motifs is 1. The second-order valence-corrected chi connectivity index (χ2v) is 5.51. The van der Waals surface area contributed by atoms with Gasteiger partial charge in [0.25, 0.3) is 0 Å². The smallest absolute Gasteiger partial charge is 0.154 e. The summed E-state index contributed by atoms with van der Waals surface area (Å²) in [4.78, 5) is 13.4. The third kappa shape index (κ3) is 2.48. The van der Waals surface area contributed by atoms with E-state index in [9.17, 15) is 0 Å². The predicted molar refractivity (Wildman–Crippen MR) is 94.5 cm³/mol. The van der Waals surface area contributed by atoms with E-state index in [4.69, 9.17) is 0 Å². The van der Waals surface area contributed by atoms with Crippen LogP contribution in [0.15, 0.2) is 55.1 Å². The van der Waals surface area contributed by atoms with Crippen LogP contribution in [-0.4, -0.2) is 31.8 Å². The van der Waals surface area contributed by atoms with Crippen LogP contribution in [0.2, 0.25) is 0 Å². The Morgan fingerprint density at radius 1 is 0.958 bits per heavy atom. The highest BCUT2D eigenvalue weighted by atomic mass is 15.2. The van der Waals surface area contributed by atoms with Crippen LogP contribution in [0.1, 0.15) is 0 Å². The molecule has 0 saturated carbocycles. The molecule has 0 bridgehead atoms. The molecule has 4 rings (SSSR count). The molecule has 24 heavy (non-hydrogen) atoms. The van der Waals surface area contributed by atoms with Gasteiger partial charge in [0.05, 0.1) is 17.4 Å². The van der Waals surface area contributed by atoms with E-state index < -0.39 is 0 Å². The summed E-state index contributed by atoms with van der Waals surface area (Å²) in [6.45, 7) is 0. The summed E-state index contributed by atoms with van der Waals surface area (Å²) < 4.78 is 1.80. The number of rotatable bonds is 3. The SMILES string of the molecule is CNc1nc(-c2ccc(-c3cnn(C)c3)cc2)cc2nccnc12. The molecule has 118 valence electrons. The van der Waals surface area contributed by atoms with Crippen molar-refractivity contribution in [2.24, 2.45) is 7.05 Å². The number of anilines is 1. The Morgan fingerprint density at radius 2 is 1.71 bits per heavy atom. The summed E-state index contributed by atoms with van der Waals surface area (Å²) >= 11 is 0. The first-order chi connectivity index (χ1) is 11.7. The van der Waals surface area contributed by atoms with E-state index in [0.29, 0.717) is 0 Å². The third-order valence-electron chi connectivity index (χ3n) is 3.91. The number of pyridine rings is 1. The molecule has 0 spiro atoms. The number of hydrogen-bond donors (Lipinski definition) is 1. The highest BCUT2D eigenvalue weighted by Crippen LogP contribution is 2.27. The van der Waals surface area contributed by atoms with Crippen molar-refractivity contribution in [1.29, 1.82) is 0 Å². The van der Waals surface area contributed by atoms with Gasteiger partial charge in [-0.2, -0.15) is 5.10 Å². The van der Waals surface area contributed by atoms with Gasteiger partial charge >= 0.3 is 0 Å². The molecule has 1 aromatic carbocycles. The Bertz CT molecular complexity index is 1000. The average Bonchev–Trinajstić information content (AvgIpc) is 3.07. The van der Waals surface area contributed by atoms with Crippen LogP contribution in [0.4, 0.5) is 5.82 Å². The second kappa shape index (κ2) is 5.73. The second-order valence-electron chi connectivity index (χ2n) is 5.51. The van der Waals surface area contributed by atoms with Crippen molar-refractivity contribution in [3.63, 3.8) is 0 Å². The summed E-state index contributed by atoms with van der Waals surface area (Å²) in [6, 6.07) is 10.2. The van der Waals surface area contributed by atoms with E-state index in [1.54, 1.807) is 17.1 Å². The molecular formula is C18H16N6. The van der Waals surface area contributed by atoms with Crippen LogP contribution in [0, 0.1) is 0 Å². The van der Waals surface area contributed by atoms with E-state index in [1.165, 1.54) is 0 Å². The van der Waals surface area contributed by atoms with Crippen molar-refractivity contribution in [3.05, 3.63) is 55.1 Å². The summed E-state index contributed by atoms with van der Waals surface area (Å²) in [7, 11) is 3.75. The minimum absolute atomic E-state index is 0.729. The number of nitrogens with zero attached hydrogens (tertiary/aromatic N) is 5. The maximum Gasteiger partial charge on any atom is 0.154 e.